The molecule has 0 spiro atoms. The Kier molecular flexibility index (Phi) is 3.80. The van der Waals surface area contributed by atoms with Crippen LogP contribution >= 0.6 is 11.6 Å². The normalized spacial score (nSPS) is 14.9. The van der Waals surface area contributed by atoms with Gasteiger partial charge in [0.15, 0.2) is 0 Å². The maximum absolute atomic E-state index is 13.2. The first kappa shape index (κ1) is 13.5. The predicted molar refractivity (Wildman–Crippen MR) is 62.3 cm³/mol. The SMILES string of the molecule is O=C(Cc1ccc(Cl)c(F)c1)ON1C(=O)CCC1=O. The van der Waals surface area contributed by atoms with Gasteiger partial charge in [-0.1, -0.05) is 17.7 Å². The van der Waals surface area contributed by atoms with E-state index in [9.17, 15) is 18.8 Å². The van der Waals surface area contributed by atoms with Crippen LogP contribution in [0.25, 0.3) is 0 Å². The summed E-state index contributed by atoms with van der Waals surface area (Å²) in [7, 11) is 0. The third-order valence-electron chi connectivity index (χ3n) is 2.53. The van der Waals surface area contributed by atoms with Gasteiger partial charge in [-0.05, 0) is 17.7 Å². The average molecular weight is 286 g/mol. The zero-order valence-electron chi connectivity index (χ0n) is 9.69. The van der Waals surface area contributed by atoms with Crippen LogP contribution in [0.3, 0.4) is 0 Å². The highest BCUT2D eigenvalue weighted by molar-refractivity contribution is 6.30. The fourth-order valence-corrected chi connectivity index (χ4v) is 1.73. The zero-order valence-corrected chi connectivity index (χ0v) is 10.4. The standard InChI is InChI=1S/C12H9ClFNO4/c13-8-2-1-7(5-9(8)14)6-12(18)19-15-10(16)3-4-11(15)17/h1-2,5H,3-4,6H2. The minimum atomic E-state index is -0.815. The maximum atomic E-state index is 13.2. The molecule has 19 heavy (non-hydrogen) atoms. The lowest BCUT2D eigenvalue weighted by Crippen LogP contribution is -2.32. The van der Waals surface area contributed by atoms with Crippen molar-refractivity contribution in [3.8, 4) is 0 Å². The molecule has 1 aromatic rings. The minimum Gasteiger partial charge on any atom is -0.330 e. The summed E-state index contributed by atoms with van der Waals surface area (Å²) in [5.74, 6) is -2.58. The first-order chi connectivity index (χ1) is 8.97. The number of rotatable bonds is 3. The molecular weight excluding hydrogens is 277 g/mol. The molecule has 1 saturated heterocycles. The number of hydrogen-bond acceptors (Lipinski definition) is 4. The summed E-state index contributed by atoms with van der Waals surface area (Å²) in [6.45, 7) is 0. The molecule has 0 atom stereocenters. The molecule has 1 aliphatic heterocycles. The number of halogens is 2. The molecule has 100 valence electrons. The molecule has 0 bridgehead atoms. The molecule has 2 rings (SSSR count). The maximum Gasteiger partial charge on any atom is 0.337 e. The van der Waals surface area contributed by atoms with Gasteiger partial charge in [-0.25, -0.2) is 9.18 Å². The summed E-state index contributed by atoms with van der Waals surface area (Å²) in [5, 5.41) is 0.399. The Morgan fingerprint density at radius 1 is 1.32 bits per heavy atom. The van der Waals surface area contributed by atoms with Crippen LogP contribution < -0.4 is 0 Å². The fourth-order valence-electron chi connectivity index (χ4n) is 1.61. The zero-order chi connectivity index (χ0) is 14.0. The molecule has 0 radical (unpaired) electrons. The van der Waals surface area contributed by atoms with Crippen molar-refractivity contribution in [2.45, 2.75) is 19.3 Å². The van der Waals surface area contributed by atoms with Gasteiger partial charge in [0.05, 0.1) is 11.4 Å². The van der Waals surface area contributed by atoms with E-state index in [1.165, 1.54) is 12.1 Å². The van der Waals surface area contributed by atoms with Gasteiger partial charge in [0, 0.05) is 12.8 Å². The van der Waals surface area contributed by atoms with Crippen LogP contribution in [0.15, 0.2) is 18.2 Å². The average Bonchev–Trinajstić information content (AvgIpc) is 2.66. The number of carbonyl (C=O) groups excluding carboxylic acids is 3. The van der Waals surface area contributed by atoms with Crippen molar-refractivity contribution in [1.29, 1.82) is 0 Å². The van der Waals surface area contributed by atoms with E-state index < -0.39 is 23.6 Å². The number of imide groups is 1. The highest BCUT2D eigenvalue weighted by Crippen LogP contribution is 2.17. The van der Waals surface area contributed by atoms with Crippen LogP contribution in [-0.4, -0.2) is 22.8 Å². The monoisotopic (exact) mass is 285 g/mol. The molecule has 1 aromatic carbocycles. The predicted octanol–water partition coefficient (Wildman–Crippen LogP) is 1.63. The van der Waals surface area contributed by atoms with E-state index in [4.69, 9.17) is 11.6 Å². The molecule has 1 aliphatic rings. The Hall–Kier alpha value is -1.95. The number of amides is 2. The van der Waals surface area contributed by atoms with Gasteiger partial charge in [0.25, 0.3) is 11.8 Å². The largest absolute Gasteiger partial charge is 0.337 e. The molecule has 0 aromatic heterocycles. The Bertz CT molecular complexity index is 545. The van der Waals surface area contributed by atoms with E-state index in [-0.39, 0.29) is 24.3 Å². The first-order valence-electron chi connectivity index (χ1n) is 5.48. The highest BCUT2D eigenvalue weighted by Gasteiger charge is 2.32. The van der Waals surface area contributed by atoms with Crippen molar-refractivity contribution in [2.75, 3.05) is 0 Å². The number of benzene rings is 1. The van der Waals surface area contributed by atoms with Gasteiger partial charge in [-0.15, -0.1) is 5.06 Å². The molecule has 1 fully saturated rings. The smallest absolute Gasteiger partial charge is 0.330 e. The highest BCUT2D eigenvalue weighted by atomic mass is 35.5. The second kappa shape index (κ2) is 5.36. The van der Waals surface area contributed by atoms with Crippen molar-refractivity contribution >= 4 is 29.4 Å². The number of hydrogen-bond donors (Lipinski definition) is 0. The van der Waals surface area contributed by atoms with Crippen LogP contribution in [0, 0.1) is 5.82 Å². The summed E-state index contributed by atoms with van der Waals surface area (Å²) < 4.78 is 13.2. The Morgan fingerprint density at radius 3 is 2.53 bits per heavy atom. The van der Waals surface area contributed by atoms with Gasteiger partial charge in [-0.3, -0.25) is 9.59 Å². The van der Waals surface area contributed by atoms with E-state index in [2.05, 4.69) is 4.84 Å². The summed E-state index contributed by atoms with van der Waals surface area (Å²) >= 11 is 5.50. The molecule has 0 unspecified atom stereocenters. The summed E-state index contributed by atoms with van der Waals surface area (Å²) in [5.41, 5.74) is 0.339. The lowest BCUT2D eigenvalue weighted by Gasteiger charge is -2.12. The van der Waals surface area contributed by atoms with E-state index in [1.54, 1.807) is 0 Å². The van der Waals surface area contributed by atoms with Crippen molar-refractivity contribution < 1.29 is 23.6 Å². The number of carbonyl (C=O) groups is 3. The van der Waals surface area contributed by atoms with E-state index in [0.29, 0.717) is 10.6 Å². The van der Waals surface area contributed by atoms with Crippen molar-refractivity contribution in [3.05, 3.63) is 34.6 Å². The van der Waals surface area contributed by atoms with Gasteiger partial charge in [0.1, 0.15) is 5.82 Å². The third-order valence-corrected chi connectivity index (χ3v) is 2.84. The Morgan fingerprint density at radius 2 is 1.95 bits per heavy atom. The first-order valence-corrected chi connectivity index (χ1v) is 5.85. The molecule has 7 heteroatoms. The van der Waals surface area contributed by atoms with Crippen LogP contribution in [0.5, 0.6) is 0 Å². The van der Waals surface area contributed by atoms with Gasteiger partial charge in [0.2, 0.25) is 0 Å². The van der Waals surface area contributed by atoms with E-state index in [0.717, 1.165) is 6.07 Å². The van der Waals surface area contributed by atoms with E-state index >= 15 is 0 Å². The molecule has 1 heterocycles. The molecule has 0 aliphatic carbocycles. The molecule has 0 saturated carbocycles. The molecular formula is C12H9ClFNO4. The van der Waals surface area contributed by atoms with Gasteiger partial charge in [-0.2, -0.15) is 0 Å². The molecule has 5 nitrogen and oxygen atoms in total. The van der Waals surface area contributed by atoms with Crippen molar-refractivity contribution in [3.63, 3.8) is 0 Å². The second-order valence-corrected chi connectivity index (χ2v) is 4.38. The van der Waals surface area contributed by atoms with E-state index in [1.807, 2.05) is 0 Å². The van der Waals surface area contributed by atoms with Crippen LogP contribution in [-0.2, 0) is 25.6 Å². The second-order valence-electron chi connectivity index (χ2n) is 3.97. The minimum absolute atomic E-state index is 0.0295. The topological polar surface area (TPSA) is 63.7 Å². The van der Waals surface area contributed by atoms with Crippen molar-refractivity contribution in [2.24, 2.45) is 0 Å². The van der Waals surface area contributed by atoms with Crippen LogP contribution in [0.1, 0.15) is 18.4 Å². The summed E-state index contributed by atoms with van der Waals surface area (Å²) in [4.78, 5) is 38.6. The summed E-state index contributed by atoms with van der Waals surface area (Å²) in [6, 6.07) is 3.86. The fraction of sp³-hybridized carbons (Fsp3) is 0.250. The molecule has 2 amide bonds. The van der Waals surface area contributed by atoms with Crippen LogP contribution in [0.2, 0.25) is 5.02 Å². The third kappa shape index (κ3) is 3.08. The van der Waals surface area contributed by atoms with Gasteiger partial charge >= 0.3 is 5.97 Å². The van der Waals surface area contributed by atoms with Crippen LogP contribution in [0.4, 0.5) is 4.39 Å². The summed E-state index contributed by atoms with van der Waals surface area (Å²) in [6.07, 6.45) is -0.200. The lowest BCUT2D eigenvalue weighted by molar-refractivity contribution is -0.197. The van der Waals surface area contributed by atoms with Crippen molar-refractivity contribution in [1.82, 2.24) is 5.06 Å². The quantitative estimate of drug-likeness (QED) is 0.792. The Balaban J connectivity index is 1.99. The molecule has 0 N–H and O–H groups in total. The number of hydroxylamine groups is 2. The Labute approximate surface area is 112 Å². The van der Waals surface area contributed by atoms with Gasteiger partial charge < -0.3 is 4.84 Å². The number of nitrogens with zero attached hydrogens (tertiary/aromatic N) is 1. The lowest BCUT2D eigenvalue weighted by atomic mass is 10.1.